The van der Waals surface area contributed by atoms with Gasteiger partial charge in [-0.15, -0.1) is 0 Å². The maximum absolute atomic E-state index is 12.1. The number of benzene rings is 1. The Morgan fingerprint density at radius 3 is 2.33 bits per heavy atom. The van der Waals surface area contributed by atoms with E-state index in [0.717, 1.165) is 5.56 Å². The van der Waals surface area contributed by atoms with Crippen molar-refractivity contribution in [3.05, 3.63) is 41.3 Å². The van der Waals surface area contributed by atoms with Crippen LogP contribution in [0.3, 0.4) is 0 Å². The summed E-state index contributed by atoms with van der Waals surface area (Å²) in [6.45, 7) is 5.33. The molecule has 4 nitrogen and oxygen atoms in total. The summed E-state index contributed by atoms with van der Waals surface area (Å²) in [6, 6.07) is 7.46. The van der Waals surface area contributed by atoms with Crippen LogP contribution >= 0.6 is 11.6 Å². The number of hydrogen-bond donors (Lipinski definition) is 0. The Morgan fingerprint density at radius 1 is 1.24 bits per heavy atom. The maximum Gasteiger partial charge on any atom is 0.226 e. The maximum atomic E-state index is 12.1. The second-order valence-electron chi connectivity index (χ2n) is 4.59. The summed E-state index contributed by atoms with van der Waals surface area (Å²) in [4.78, 5) is 13.7. The van der Waals surface area contributed by atoms with Gasteiger partial charge in [0.1, 0.15) is 0 Å². The summed E-state index contributed by atoms with van der Waals surface area (Å²) >= 11 is 5.83. The van der Waals surface area contributed by atoms with E-state index in [9.17, 15) is 4.79 Å². The number of ether oxygens (including phenoxy) is 2. The van der Waals surface area contributed by atoms with Crippen molar-refractivity contribution in [2.75, 3.05) is 26.8 Å². The van der Waals surface area contributed by atoms with Gasteiger partial charge in [0.25, 0.3) is 0 Å². The van der Waals surface area contributed by atoms with E-state index in [1.54, 1.807) is 18.4 Å². The van der Waals surface area contributed by atoms with Crippen molar-refractivity contribution in [2.45, 2.75) is 26.6 Å². The molecule has 1 amide bonds. The van der Waals surface area contributed by atoms with Crippen LogP contribution in [0, 0.1) is 6.42 Å². The summed E-state index contributed by atoms with van der Waals surface area (Å²) in [5, 5.41) is 0.693. The number of hydrogen-bond acceptors (Lipinski definition) is 3. The molecule has 0 fully saturated rings. The lowest BCUT2D eigenvalue weighted by molar-refractivity contribution is -0.154. The van der Waals surface area contributed by atoms with Gasteiger partial charge in [0.2, 0.25) is 5.91 Å². The number of amides is 1. The average molecular weight is 313 g/mol. The van der Waals surface area contributed by atoms with Gasteiger partial charge in [-0.1, -0.05) is 23.7 Å². The zero-order chi connectivity index (χ0) is 15.7. The SMILES string of the molecule is CCOC(CN(C)C(=O)[CH]Cc1ccc(Cl)cc1)OCC. The van der Waals surface area contributed by atoms with Gasteiger partial charge in [-0.3, -0.25) is 4.79 Å². The van der Waals surface area contributed by atoms with Gasteiger partial charge < -0.3 is 14.4 Å². The van der Waals surface area contributed by atoms with Gasteiger partial charge in [-0.05, 0) is 38.0 Å². The van der Waals surface area contributed by atoms with Crippen LogP contribution in [0.25, 0.3) is 0 Å². The predicted molar refractivity (Wildman–Crippen MR) is 84.1 cm³/mol. The second kappa shape index (κ2) is 9.77. The molecule has 0 atom stereocenters. The van der Waals surface area contributed by atoms with Crippen molar-refractivity contribution in [3.63, 3.8) is 0 Å². The third-order valence-corrected chi connectivity index (χ3v) is 3.18. The first-order valence-electron chi connectivity index (χ1n) is 7.12. The van der Waals surface area contributed by atoms with E-state index in [1.165, 1.54) is 0 Å². The highest BCUT2D eigenvalue weighted by molar-refractivity contribution is 6.30. The van der Waals surface area contributed by atoms with Crippen molar-refractivity contribution in [1.29, 1.82) is 0 Å². The molecule has 1 aromatic carbocycles. The molecule has 117 valence electrons. The number of carbonyl (C=O) groups is 1. The van der Waals surface area contributed by atoms with Crippen molar-refractivity contribution >= 4 is 17.5 Å². The van der Waals surface area contributed by atoms with E-state index in [1.807, 2.05) is 38.1 Å². The van der Waals surface area contributed by atoms with Crippen molar-refractivity contribution in [1.82, 2.24) is 4.90 Å². The first-order valence-corrected chi connectivity index (χ1v) is 7.50. The fourth-order valence-electron chi connectivity index (χ4n) is 1.82. The standard InChI is InChI=1S/C16H23ClNO3/c1-4-20-16(21-5-2)12-18(3)15(19)11-8-13-6-9-14(17)10-7-13/h6-7,9-11,16H,4-5,8,12H2,1-3H3. The minimum absolute atomic E-state index is 0.0469. The van der Waals surface area contributed by atoms with Gasteiger partial charge >= 0.3 is 0 Å². The molecule has 0 saturated heterocycles. The number of nitrogens with zero attached hydrogens (tertiary/aromatic N) is 1. The van der Waals surface area contributed by atoms with Crippen LogP contribution in [0.5, 0.6) is 0 Å². The van der Waals surface area contributed by atoms with E-state index in [0.29, 0.717) is 31.2 Å². The minimum Gasteiger partial charge on any atom is -0.351 e. The van der Waals surface area contributed by atoms with Crippen LogP contribution in [0.1, 0.15) is 19.4 Å². The molecule has 1 radical (unpaired) electrons. The third kappa shape index (κ3) is 6.93. The molecular weight excluding hydrogens is 290 g/mol. The molecule has 1 aromatic rings. The van der Waals surface area contributed by atoms with Crippen LogP contribution in [-0.4, -0.2) is 43.9 Å². The lowest BCUT2D eigenvalue weighted by atomic mass is 10.1. The fourth-order valence-corrected chi connectivity index (χ4v) is 1.95. The zero-order valence-corrected chi connectivity index (χ0v) is 13.6. The minimum atomic E-state index is -0.377. The molecule has 1 rings (SSSR count). The van der Waals surface area contributed by atoms with E-state index in [4.69, 9.17) is 21.1 Å². The highest BCUT2D eigenvalue weighted by Crippen LogP contribution is 2.11. The lowest BCUT2D eigenvalue weighted by Gasteiger charge is -2.23. The number of halogens is 1. The molecule has 0 saturated carbocycles. The molecule has 0 bridgehead atoms. The first kappa shape index (κ1) is 18.0. The summed E-state index contributed by atoms with van der Waals surface area (Å²) in [6.07, 6.45) is 1.85. The molecule has 0 aromatic heterocycles. The Balaban J connectivity index is 2.40. The van der Waals surface area contributed by atoms with E-state index < -0.39 is 0 Å². The Bertz CT molecular complexity index is 416. The summed E-state index contributed by atoms with van der Waals surface area (Å²) in [7, 11) is 1.74. The smallest absolute Gasteiger partial charge is 0.226 e. The van der Waals surface area contributed by atoms with Crippen LogP contribution in [0.2, 0.25) is 5.02 Å². The quantitative estimate of drug-likeness (QED) is 0.658. The summed E-state index contributed by atoms with van der Waals surface area (Å²) in [5.74, 6) is -0.0469. The largest absolute Gasteiger partial charge is 0.351 e. The van der Waals surface area contributed by atoms with Crippen molar-refractivity contribution in [2.24, 2.45) is 0 Å². The monoisotopic (exact) mass is 312 g/mol. The molecule has 0 heterocycles. The van der Waals surface area contributed by atoms with Gasteiger partial charge in [0, 0.05) is 25.3 Å². The zero-order valence-electron chi connectivity index (χ0n) is 12.8. The van der Waals surface area contributed by atoms with Gasteiger partial charge in [-0.2, -0.15) is 0 Å². The van der Waals surface area contributed by atoms with Gasteiger partial charge in [0.05, 0.1) is 13.0 Å². The molecule has 0 aliphatic heterocycles. The Morgan fingerprint density at radius 2 is 1.81 bits per heavy atom. The van der Waals surface area contributed by atoms with Gasteiger partial charge in [-0.25, -0.2) is 0 Å². The molecule has 0 N–H and O–H groups in total. The molecule has 5 heteroatoms. The number of likely N-dealkylation sites (N-methyl/N-ethyl adjacent to an activating group) is 1. The Labute approximate surface area is 132 Å². The first-order chi connectivity index (χ1) is 10.1. The van der Waals surface area contributed by atoms with E-state index >= 15 is 0 Å². The molecule has 0 aliphatic rings. The average Bonchev–Trinajstić information content (AvgIpc) is 2.46. The van der Waals surface area contributed by atoms with Crippen LogP contribution in [-0.2, 0) is 20.7 Å². The normalized spacial score (nSPS) is 10.9. The van der Waals surface area contributed by atoms with Crippen molar-refractivity contribution in [3.8, 4) is 0 Å². The van der Waals surface area contributed by atoms with E-state index in [2.05, 4.69) is 0 Å². The summed E-state index contributed by atoms with van der Waals surface area (Å²) < 4.78 is 10.9. The van der Waals surface area contributed by atoms with Crippen molar-refractivity contribution < 1.29 is 14.3 Å². The third-order valence-electron chi connectivity index (χ3n) is 2.93. The highest BCUT2D eigenvalue weighted by atomic mass is 35.5. The number of carbonyl (C=O) groups excluding carboxylic acids is 1. The Kier molecular flexibility index (Phi) is 8.35. The Hall–Kier alpha value is -1.10. The molecule has 0 unspecified atom stereocenters. The van der Waals surface area contributed by atoms with Gasteiger partial charge in [0.15, 0.2) is 6.29 Å². The molecular formula is C16H23ClNO3. The van der Waals surface area contributed by atoms with Crippen LogP contribution in [0.15, 0.2) is 24.3 Å². The summed E-state index contributed by atoms with van der Waals surface area (Å²) in [5.41, 5.74) is 1.05. The van der Waals surface area contributed by atoms with Crippen LogP contribution < -0.4 is 0 Å². The predicted octanol–water partition coefficient (Wildman–Crippen LogP) is 2.94. The van der Waals surface area contributed by atoms with Crippen LogP contribution in [0.4, 0.5) is 0 Å². The number of rotatable bonds is 9. The fraction of sp³-hybridized carbons (Fsp3) is 0.500. The molecule has 0 spiro atoms. The second-order valence-corrected chi connectivity index (χ2v) is 5.03. The van der Waals surface area contributed by atoms with E-state index in [-0.39, 0.29) is 12.2 Å². The highest BCUT2D eigenvalue weighted by Gasteiger charge is 2.16. The molecule has 0 aliphatic carbocycles. The topological polar surface area (TPSA) is 38.8 Å². The molecule has 21 heavy (non-hydrogen) atoms. The lowest BCUT2D eigenvalue weighted by Crippen LogP contribution is -2.37.